The van der Waals surface area contributed by atoms with Gasteiger partial charge in [0, 0.05) is 0 Å². The second-order valence-corrected chi connectivity index (χ2v) is 11.0. The van der Waals surface area contributed by atoms with Crippen LogP contribution in [0.5, 0.6) is 0 Å². The summed E-state index contributed by atoms with van der Waals surface area (Å²) in [5.41, 5.74) is 0. The Labute approximate surface area is 92.2 Å². The summed E-state index contributed by atoms with van der Waals surface area (Å²) in [6.45, 7) is 9.12. The van der Waals surface area contributed by atoms with Crippen molar-refractivity contribution in [1.29, 1.82) is 0 Å². The summed E-state index contributed by atoms with van der Waals surface area (Å²) in [7, 11) is -1.05. The molecule has 0 aromatic carbocycles. The summed E-state index contributed by atoms with van der Waals surface area (Å²) >= 11 is 0. The van der Waals surface area contributed by atoms with E-state index in [1.165, 1.54) is 24.2 Å². The molecule has 2 nitrogen and oxygen atoms in total. The van der Waals surface area contributed by atoms with Crippen molar-refractivity contribution in [3.05, 3.63) is 0 Å². The lowest BCUT2D eigenvalue weighted by atomic mass is 10.4. The molecular weight excluding hydrogens is 204 g/mol. The van der Waals surface area contributed by atoms with Crippen LogP contribution < -0.4 is 9.96 Å². The van der Waals surface area contributed by atoms with Crippen molar-refractivity contribution in [3.63, 3.8) is 0 Å². The van der Waals surface area contributed by atoms with Gasteiger partial charge < -0.3 is 9.96 Å². The highest BCUT2D eigenvalue weighted by atomic mass is 28.3. The van der Waals surface area contributed by atoms with Crippen molar-refractivity contribution < 1.29 is 0 Å². The predicted octanol–water partition coefficient (Wildman–Crippen LogP) is 1.44. The first kappa shape index (κ1) is 12.4. The van der Waals surface area contributed by atoms with Gasteiger partial charge in [-0.1, -0.05) is 27.7 Å². The predicted molar refractivity (Wildman–Crippen MR) is 70.1 cm³/mol. The van der Waals surface area contributed by atoms with Crippen LogP contribution in [0.2, 0.25) is 24.2 Å². The number of nitrogens with one attached hydrogen (secondary N) is 2. The van der Waals surface area contributed by atoms with E-state index < -0.39 is 17.9 Å². The van der Waals surface area contributed by atoms with Crippen LogP contribution in [-0.2, 0) is 0 Å². The van der Waals surface area contributed by atoms with E-state index in [1.807, 2.05) is 0 Å². The second-order valence-electron chi connectivity index (χ2n) is 5.19. The minimum Gasteiger partial charge on any atom is -0.337 e. The van der Waals surface area contributed by atoms with Crippen LogP contribution in [0.4, 0.5) is 0 Å². The quantitative estimate of drug-likeness (QED) is 0.714. The first-order valence-electron chi connectivity index (χ1n) is 6.10. The number of rotatable bonds is 4. The first-order valence-corrected chi connectivity index (χ1v) is 10.5. The number of hydrogen-bond acceptors (Lipinski definition) is 2. The average Bonchev–Trinajstić information content (AvgIpc) is 2.06. The summed E-state index contributed by atoms with van der Waals surface area (Å²) in [6, 6.07) is 7.57. The Bertz CT molecular complexity index is 136. The molecule has 0 atom stereocenters. The van der Waals surface area contributed by atoms with Crippen molar-refractivity contribution in [3.8, 4) is 0 Å². The fourth-order valence-corrected chi connectivity index (χ4v) is 11.9. The Kier molecular flexibility index (Phi) is 5.37. The van der Waals surface area contributed by atoms with E-state index in [4.69, 9.17) is 0 Å². The smallest absolute Gasteiger partial charge is 0.108 e. The normalized spacial score (nSPS) is 28.7. The lowest BCUT2D eigenvalue weighted by molar-refractivity contribution is 0.719. The molecule has 1 aliphatic heterocycles. The van der Waals surface area contributed by atoms with E-state index in [1.54, 1.807) is 0 Å². The molecule has 4 heteroatoms. The molecule has 1 fully saturated rings. The molecule has 1 rings (SSSR count). The Hall–Kier alpha value is 0.354. The highest BCUT2D eigenvalue weighted by molar-refractivity contribution is 6.67. The van der Waals surface area contributed by atoms with Crippen molar-refractivity contribution >= 4 is 17.9 Å². The first-order chi connectivity index (χ1) is 6.58. The third-order valence-electron chi connectivity index (χ3n) is 2.87. The van der Waals surface area contributed by atoms with Gasteiger partial charge in [0.25, 0.3) is 0 Å². The summed E-state index contributed by atoms with van der Waals surface area (Å²) in [5.74, 6) is 0. The standard InChI is InChI=1S/C10H26N2Si2/c1-9(2)11-13-5-7-14(8-6-13)12-10(3)4/h9-14H,5-8H2,1-4H3. The van der Waals surface area contributed by atoms with E-state index in [2.05, 4.69) is 37.7 Å². The van der Waals surface area contributed by atoms with Crippen LogP contribution in [0.3, 0.4) is 0 Å². The molecule has 0 unspecified atom stereocenters. The Morgan fingerprint density at radius 3 is 1.21 bits per heavy atom. The fraction of sp³-hybridized carbons (Fsp3) is 1.00. The summed E-state index contributed by atoms with van der Waals surface area (Å²) in [6.07, 6.45) is 0. The zero-order valence-electron chi connectivity index (χ0n) is 10.1. The van der Waals surface area contributed by atoms with Crippen molar-refractivity contribution in [2.45, 2.75) is 64.0 Å². The minimum absolute atomic E-state index is 0.523. The van der Waals surface area contributed by atoms with E-state index in [9.17, 15) is 0 Å². The van der Waals surface area contributed by atoms with E-state index in [0.717, 1.165) is 0 Å². The molecule has 84 valence electrons. The van der Waals surface area contributed by atoms with Crippen molar-refractivity contribution in [2.75, 3.05) is 0 Å². The maximum absolute atomic E-state index is 3.79. The van der Waals surface area contributed by atoms with Crippen LogP contribution >= 0.6 is 0 Å². The molecule has 14 heavy (non-hydrogen) atoms. The van der Waals surface area contributed by atoms with Gasteiger partial charge in [0.1, 0.15) is 17.9 Å². The lowest BCUT2D eigenvalue weighted by Crippen LogP contribution is -2.47. The van der Waals surface area contributed by atoms with Gasteiger partial charge in [-0.15, -0.1) is 0 Å². The molecule has 1 heterocycles. The van der Waals surface area contributed by atoms with Gasteiger partial charge in [-0.05, 0) is 36.3 Å². The van der Waals surface area contributed by atoms with Gasteiger partial charge >= 0.3 is 0 Å². The van der Waals surface area contributed by atoms with Gasteiger partial charge in [-0.3, -0.25) is 0 Å². The molecular formula is C10H26N2Si2. The molecule has 0 spiro atoms. The van der Waals surface area contributed by atoms with Gasteiger partial charge in [-0.2, -0.15) is 0 Å². The van der Waals surface area contributed by atoms with E-state index >= 15 is 0 Å². The van der Waals surface area contributed by atoms with Crippen LogP contribution in [0, 0.1) is 0 Å². The average molecular weight is 231 g/mol. The maximum atomic E-state index is 3.79. The Morgan fingerprint density at radius 1 is 0.714 bits per heavy atom. The van der Waals surface area contributed by atoms with Gasteiger partial charge in [0.15, 0.2) is 0 Å². The van der Waals surface area contributed by atoms with Crippen LogP contribution in [0.15, 0.2) is 0 Å². The molecule has 0 saturated carbocycles. The minimum atomic E-state index is -0.523. The summed E-state index contributed by atoms with van der Waals surface area (Å²) in [5, 5.41) is 0. The molecule has 2 N–H and O–H groups in total. The molecule has 1 saturated heterocycles. The molecule has 0 bridgehead atoms. The van der Waals surface area contributed by atoms with Gasteiger partial charge in [0.05, 0.1) is 0 Å². The largest absolute Gasteiger partial charge is 0.337 e. The van der Waals surface area contributed by atoms with Gasteiger partial charge in [-0.25, -0.2) is 0 Å². The second kappa shape index (κ2) is 6.05. The topological polar surface area (TPSA) is 24.1 Å². The summed E-state index contributed by atoms with van der Waals surface area (Å²) in [4.78, 5) is 7.58. The zero-order valence-corrected chi connectivity index (χ0v) is 12.4. The fourth-order valence-electron chi connectivity index (χ4n) is 2.37. The van der Waals surface area contributed by atoms with Crippen LogP contribution in [0.1, 0.15) is 27.7 Å². The molecule has 0 amide bonds. The van der Waals surface area contributed by atoms with Crippen LogP contribution in [0.25, 0.3) is 0 Å². The third kappa shape index (κ3) is 4.73. The van der Waals surface area contributed by atoms with Crippen molar-refractivity contribution in [1.82, 2.24) is 9.96 Å². The van der Waals surface area contributed by atoms with Crippen molar-refractivity contribution in [2.24, 2.45) is 0 Å². The Morgan fingerprint density at radius 2 is 1.00 bits per heavy atom. The number of hydrogen-bond donors (Lipinski definition) is 2. The van der Waals surface area contributed by atoms with Crippen LogP contribution in [-0.4, -0.2) is 30.0 Å². The Balaban J connectivity index is 2.17. The monoisotopic (exact) mass is 230 g/mol. The highest BCUT2D eigenvalue weighted by Crippen LogP contribution is 2.18. The summed E-state index contributed by atoms with van der Waals surface area (Å²) < 4.78 is 0. The van der Waals surface area contributed by atoms with E-state index in [0.29, 0.717) is 12.1 Å². The molecule has 0 aliphatic carbocycles. The highest BCUT2D eigenvalue weighted by Gasteiger charge is 2.23. The van der Waals surface area contributed by atoms with Gasteiger partial charge in [0.2, 0.25) is 0 Å². The SMILES string of the molecule is CC(C)N[SiH]1CC[SiH](NC(C)C)CC1. The molecule has 0 radical (unpaired) electrons. The third-order valence-corrected chi connectivity index (χ3v) is 10.6. The molecule has 1 aliphatic rings. The zero-order chi connectivity index (χ0) is 10.6. The maximum Gasteiger partial charge on any atom is 0.108 e. The van der Waals surface area contributed by atoms with E-state index in [-0.39, 0.29) is 0 Å². The lowest BCUT2D eigenvalue weighted by Gasteiger charge is -2.30. The molecule has 0 aromatic rings. The molecule has 0 aromatic heterocycles.